The van der Waals surface area contributed by atoms with Gasteiger partial charge in [0.1, 0.15) is 0 Å². The maximum atomic E-state index is 9.26. The van der Waals surface area contributed by atoms with Crippen LogP contribution in [0.3, 0.4) is 0 Å². The highest BCUT2D eigenvalue weighted by Crippen LogP contribution is 2.31. The number of hydrogen-bond donors (Lipinski definition) is 1. The maximum absolute atomic E-state index is 9.26. The molecule has 0 aliphatic heterocycles. The van der Waals surface area contributed by atoms with Crippen molar-refractivity contribution >= 4 is 22.5 Å². The summed E-state index contributed by atoms with van der Waals surface area (Å²) < 4.78 is 0. The number of benzene rings is 2. The minimum Gasteiger partial charge on any atom is -0.396 e. The number of aryl methyl sites for hydroxylation is 1. The largest absolute Gasteiger partial charge is 0.396 e. The van der Waals surface area contributed by atoms with Crippen molar-refractivity contribution in [1.82, 2.24) is 4.98 Å². The summed E-state index contributed by atoms with van der Waals surface area (Å²) in [5, 5.41) is 11.1. The van der Waals surface area contributed by atoms with Crippen LogP contribution in [0.1, 0.15) is 38.3 Å². The second kappa shape index (κ2) is 7.15. The Balaban J connectivity index is 2.18. The summed E-state index contributed by atoms with van der Waals surface area (Å²) in [5.74, 6) is 0. The molecule has 2 nitrogen and oxygen atoms in total. The van der Waals surface area contributed by atoms with E-state index in [0.717, 1.165) is 40.6 Å². The second-order valence-electron chi connectivity index (χ2n) is 7.49. The van der Waals surface area contributed by atoms with Crippen LogP contribution >= 0.6 is 11.6 Å². The van der Waals surface area contributed by atoms with Gasteiger partial charge in [0.25, 0.3) is 0 Å². The molecule has 1 aromatic heterocycles. The molecule has 0 bridgehead atoms. The molecule has 0 radical (unpaired) electrons. The Hall–Kier alpha value is -1.90. The van der Waals surface area contributed by atoms with Gasteiger partial charge in [-0.25, -0.2) is 4.98 Å². The second-order valence-corrected chi connectivity index (χ2v) is 7.93. The first-order chi connectivity index (χ1) is 11.9. The highest BCUT2D eigenvalue weighted by atomic mass is 35.5. The Kier molecular flexibility index (Phi) is 5.12. The Morgan fingerprint density at radius 1 is 1.04 bits per heavy atom. The highest BCUT2D eigenvalue weighted by molar-refractivity contribution is 6.30. The maximum Gasteiger partial charge on any atom is 0.0742 e. The molecule has 0 fully saturated rings. The molecule has 2 aromatic carbocycles. The van der Waals surface area contributed by atoms with Crippen molar-refractivity contribution < 1.29 is 5.11 Å². The van der Waals surface area contributed by atoms with Crippen LogP contribution in [-0.2, 0) is 11.8 Å². The normalized spacial score (nSPS) is 11.9. The number of halogens is 1. The van der Waals surface area contributed by atoms with Crippen molar-refractivity contribution in [2.75, 3.05) is 6.61 Å². The summed E-state index contributed by atoms with van der Waals surface area (Å²) in [6.45, 7) is 6.83. The molecule has 0 amide bonds. The summed E-state index contributed by atoms with van der Waals surface area (Å²) >= 11 is 6.17. The van der Waals surface area contributed by atoms with Gasteiger partial charge in [-0.2, -0.15) is 0 Å². The molecule has 3 heteroatoms. The van der Waals surface area contributed by atoms with Gasteiger partial charge < -0.3 is 5.11 Å². The van der Waals surface area contributed by atoms with Crippen LogP contribution in [0.2, 0.25) is 5.02 Å². The van der Waals surface area contributed by atoms with E-state index in [1.807, 2.05) is 24.3 Å². The van der Waals surface area contributed by atoms with E-state index >= 15 is 0 Å². The number of nitrogens with zero attached hydrogens (tertiary/aromatic N) is 1. The molecule has 0 aliphatic carbocycles. The number of aliphatic hydroxyl groups excluding tert-OH is 1. The zero-order valence-electron chi connectivity index (χ0n) is 15.0. The lowest BCUT2D eigenvalue weighted by Crippen LogP contribution is -2.10. The van der Waals surface area contributed by atoms with Gasteiger partial charge in [-0.3, -0.25) is 0 Å². The van der Waals surface area contributed by atoms with E-state index in [1.165, 1.54) is 5.56 Å². The van der Waals surface area contributed by atoms with E-state index in [4.69, 9.17) is 16.6 Å². The lowest BCUT2D eigenvalue weighted by molar-refractivity contribution is 0.288. The van der Waals surface area contributed by atoms with Crippen molar-refractivity contribution in [3.05, 3.63) is 64.7 Å². The van der Waals surface area contributed by atoms with E-state index in [0.29, 0.717) is 5.02 Å². The van der Waals surface area contributed by atoms with Gasteiger partial charge in [-0.1, -0.05) is 50.6 Å². The fraction of sp³-hybridized carbons (Fsp3) is 0.318. The van der Waals surface area contributed by atoms with Crippen molar-refractivity contribution in [2.24, 2.45) is 0 Å². The van der Waals surface area contributed by atoms with E-state index in [2.05, 4.69) is 45.0 Å². The number of hydrogen-bond acceptors (Lipinski definition) is 2. The number of fused-ring (bicyclic) bond motifs is 1. The van der Waals surface area contributed by atoms with Crippen LogP contribution in [0.4, 0.5) is 0 Å². The van der Waals surface area contributed by atoms with Crippen LogP contribution in [0.5, 0.6) is 0 Å². The predicted octanol–water partition coefficient (Wildman–Crippen LogP) is 5.78. The number of aromatic nitrogens is 1. The summed E-state index contributed by atoms with van der Waals surface area (Å²) in [6, 6.07) is 16.5. The molecule has 0 saturated heterocycles. The van der Waals surface area contributed by atoms with Gasteiger partial charge in [-0.15, -0.1) is 0 Å². The molecule has 3 aromatic rings. The Labute approximate surface area is 154 Å². The van der Waals surface area contributed by atoms with Gasteiger partial charge in [-0.05, 0) is 59.7 Å². The molecule has 0 atom stereocenters. The van der Waals surface area contributed by atoms with Crippen LogP contribution in [0.25, 0.3) is 22.2 Å². The summed E-state index contributed by atoms with van der Waals surface area (Å²) in [6.07, 6.45) is 1.51. The Bertz CT molecular complexity index is 896. The SMILES string of the molecule is CC(C)(C)c1ccc2nc(-c3cccc(Cl)c3)c(CCCO)cc2c1. The van der Waals surface area contributed by atoms with Crippen molar-refractivity contribution in [2.45, 2.75) is 39.0 Å². The van der Waals surface area contributed by atoms with Crippen molar-refractivity contribution in [1.29, 1.82) is 0 Å². The first kappa shape index (κ1) is 17.9. The molecule has 25 heavy (non-hydrogen) atoms. The van der Waals surface area contributed by atoms with Gasteiger partial charge in [0, 0.05) is 22.6 Å². The topological polar surface area (TPSA) is 33.1 Å². The van der Waals surface area contributed by atoms with Gasteiger partial charge in [0.05, 0.1) is 11.2 Å². The summed E-state index contributed by atoms with van der Waals surface area (Å²) in [4.78, 5) is 4.92. The molecular formula is C22H24ClNO. The molecule has 0 saturated carbocycles. The van der Waals surface area contributed by atoms with Crippen molar-refractivity contribution in [3.8, 4) is 11.3 Å². The lowest BCUT2D eigenvalue weighted by atomic mass is 9.86. The van der Waals surface area contributed by atoms with Crippen molar-refractivity contribution in [3.63, 3.8) is 0 Å². The van der Waals surface area contributed by atoms with Crippen LogP contribution < -0.4 is 0 Å². The van der Waals surface area contributed by atoms with Crippen LogP contribution in [-0.4, -0.2) is 16.7 Å². The fourth-order valence-electron chi connectivity index (χ4n) is 3.03. The molecule has 0 aliphatic rings. The molecular weight excluding hydrogens is 330 g/mol. The third-order valence-corrected chi connectivity index (χ3v) is 4.70. The smallest absolute Gasteiger partial charge is 0.0742 e. The van der Waals surface area contributed by atoms with E-state index < -0.39 is 0 Å². The zero-order valence-corrected chi connectivity index (χ0v) is 15.8. The molecule has 0 unspecified atom stereocenters. The third-order valence-electron chi connectivity index (χ3n) is 4.46. The molecule has 1 heterocycles. The summed E-state index contributed by atoms with van der Waals surface area (Å²) in [7, 11) is 0. The monoisotopic (exact) mass is 353 g/mol. The van der Waals surface area contributed by atoms with Gasteiger partial charge >= 0.3 is 0 Å². The summed E-state index contributed by atoms with van der Waals surface area (Å²) in [5.41, 5.74) is 5.50. The minimum absolute atomic E-state index is 0.102. The standard InChI is InChI=1S/C22H24ClNO/c1-22(2,3)18-9-10-20-17(13-18)12-15(7-5-11-25)21(24-20)16-6-4-8-19(23)14-16/h4,6,8-10,12-14,25H,5,7,11H2,1-3H3. The molecule has 3 rings (SSSR count). The number of aliphatic hydroxyl groups is 1. The first-order valence-electron chi connectivity index (χ1n) is 8.69. The minimum atomic E-state index is 0.102. The third kappa shape index (κ3) is 4.02. The fourth-order valence-corrected chi connectivity index (χ4v) is 3.22. The van der Waals surface area contributed by atoms with E-state index in [-0.39, 0.29) is 12.0 Å². The van der Waals surface area contributed by atoms with Crippen LogP contribution in [0.15, 0.2) is 48.5 Å². The van der Waals surface area contributed by atoms with E-state index in [1.54, 1.807) is 0 Å². The van der Waals surface area contributed by atoms with Gasteiger partial charge in [0.2, 0.25) is 0 Å². The van der Waals surface area contributed by atoms with Gasteiger partial charge in [0.15, 0.2) is 0 Å². The molecule has 0 spiro atoms. The molecule has 1 N–H and O–H groups in total. The van der Waals surface area contributed by atoms with E-state index in [9.17, 15) is 5.11 Å². The quantitative estimate of drug-likeness (QED) is 0.645. The Morgan fingerprint density at radius 2 is 1.84 bits per heavy atom. The van der Waals surface area contributed by atoms with Crippen LogP contribution in [0, 0.1) is 0 Å². The average Bonchev–Trinajstić information content (AvgIpc) is 2.57. The first-order valence-corrected chi connectivity index (χ1v) is 9.07. The predicted molar refractivity (Wildman–Crippen MR) is 106 cm³/mol. The number of rotatable bonds is 4. The average molecular weight is 354 g/mol. The lowest BCUT2D eigenvalue weighted by Gasteiger charge is -2.20. The number of pyridine rings is 1. The highest BCUT2D eigenvalue weighted by Gasteiger charge is 2.15. The molecule has 130 valence electrons. The Morgan fingerprint density at radius 3 is 2.52 bits per heavy atom. The zero-order chi connectivity index (χ0) is 18.0.